The summed E-state index contributed by atoms with van der Waals surface area (Å²) in [5.74, 6) is -0.295. The van der Waals surface area contributed by atoms with Crippen LogP contribution in [0.4, 0.5) is 0 Å². The first kappa shape index (κ1) is 15.6. The molecule has 0 amide bonds. The van der Waals surface area contributed by atoms with Gasteiger partial charge in [-0.1, -0.05) is 16.3 Å². The van der Waals surface area contributed by atoms with E-state index in [0.29, 0.717) is 0 Å². The molecule has 0 saturated heterocycles. The summed E-state index contributed by atoms with van der Waals surface area (Å²) in [6, 6.07) is 4.21. The van der Waals surface area contributed by atoms with E-state index in [1.807, 2.05) is 20.0 Å². The van der Waals surface area contributed by atoms with Crippen LogP contribution >= 0.6 is 0 Å². The van der Waals surface area contributed by atoms with E-state index in [2.05, 4.69) is 28.9 Å². The van der Waals surface area contributed by atoms with Crippen LogP contribution in [0.1, 0.15) is 16.7 Å². The third-order valence-corrected chi connectivity index (χ3v) is 2.96. The molecule has 1 aromatic heterocycles. The zero-order valence-electron chi connectivity index (χ0n) is 11.5. The van der Waals surface area contributed by atoms with Crippen molar-refractivity contribution in [2.24, 2.45) is 0 Å². The smallest absolute Gasteiger partial charge is 0.374 e. The van der Waals surface area contributed by atoms with Gasteiger partial charge in [0.15, 0.2) is 0 Å². The number of halogens is 1. The standard InChI is InChI=1S/C14H17N2O2.BrH/c1-9-5-10(2)14-12(6-9)11(3)7-16(15-14)8-13(17)18-4;/h5-7H,8H2,1-4H3;1H/q+1;/p-1. The number of hydrogen-bond donors (Lipinski definition) is 0. The molecule has 5 heteroatoms. The van der Waals surface area contributed by atoms with Crippen LogP contribution in [0, 0.1) is 20.8 Å². The first-order valence-electron chi connectivity index (χ1n) is 5.86. The van der Waals surface area contributed by atoms with Crippen LogP contribution in [0.15, 0.2) is 18.3 Å². The van der Waals surface area contributed by atoms with Gasteiger partial charge < -0.3 is 21.7 Å². The summed E-state index contributed by atoms with van der Waals surface area (Å²) in [6.07, 6.45) is 1.87. The maximum atomic E-state index is 11.3. The summed E-state index contributed by atoms with van der Waals surface area (Å²) in [6.45, 7) is 6.27. The second-order valence-corrected chi connectivity index (χ2v) is 4.56. The van der Waals surface area contributed by atoms with Gasteiger partial charge in [0.1, 0.15) is 5.52 Å². The molecule has 0 aliphatic heterocycles. The number of methoxy groups -OCH3 is 1. The zero-order chi connectivity index (χ0) is 13.3. The van der Waals surface area contributed by atoms with Crippen LogP contribution in [0.25, 0.3) is 10.9 Å². The highest BCUT2D eigenvalue weighted by Gasteiger charge is 2.15. The molecule has 0 aliphatic rings. The molecule has 0 fully saturated rings. The van der Waals surface area contributed by atoms with Crippen molar-refractivity contribution in [3.8, 4) is 0 Å². The summed E-state index contributed by atoms with van der Waals surface area (Å²) in [5.41, 5.74) is 4.38. The minimum Gasteiger partial charge on any atom is -1.00 e. The van der Waals surface area contributed by atoms with Crippen LogP contribution in [0.2, 0.25) is 0 Å². The largest absolute Gasteiger partial charge is 1.00 e. The van der Waals surface area contributed by atoms with E-state index in [1.54, 1.807) is 4.68 Å². The number of aryl methyl sites for hydroxylation is 3. The fraction of sp³-hybridized carbons (Fsp3) is 0.357. The molecule has 4 nitrogen and oxygen atoms in total. The number of carbonyl (C=O) groups excluding carboxylic acids is 1. The van der Waals surface area contributed by atoms with Crippen molar-refractivity contribution in [1.82, 2.24) is 5.10 Å². The Morgan fingerprint density at radius 3 is 2.58 bits per heavy atom. The third kappa shape index (κ3) is 3.29. The van der Waals surface area contributed by atoms with Crippen molar-refractivity contribution in [3.05, 3.63) is 35.0 Å². The van der Waals surface area contributed by atoms with E-state index >= 15 is 0 Å². The maximum absolute atomic E-state index is 11.3. The molecule has 0 saturated carbocycles. The van der Waals surface area contributed by atoms with Gasteiger partial charge in [0.2, 0.25) is 6.20 Å². The fourth-order valence-electron chi connectivity index (χ4n) is 2.12. The average molecular weight is 325 g/mol. The molecule has 102 valence electrons. The van der Waals surface area contributed by atoms with Gasteiger partial charge in [-0.05, 0) is 32.4 Å². The molecule has 2 rings (SSSR count). The number of fused-ring (bicyclic) bond motifs is 1. The van der Waals surface area contributed by atoms with Crippen LogP contribution in [0.5, 0.6) is 0 Å². The number of hydrogen-bond acceptors (Lipinski definition) is 3. The first-order chi connectivity index (χ1) is 8.51. The number of nitrogens with zero attached hydrogens (tertiary/aromatic N) is 2. The molecule has 19 heavy (non-hydrogen) atoms. The molecular formula is C14H17BrN2O2. The van der Waals surface area contributed by atoms with E-state index in [4.69, 9.17) is 0 Å². The molecule has 0 atom stereocenters. The summed E-state index contributed by atoms with van der Waals surface area (Å²) in [7, 11) is 1.38. The highest BCUT2D eigenvalue weighted by atomic mass is 79.9. The minimum absolute atomic E-state index is 0. The van der Waals surface area contributed by atoms with Crippen LogP contribution in [-0.2, 0) is 16.1 Å². The highest BCUT2D eigenvalue weighted by molar-refractivity contribution is 5.84. The fourth-order valence-corrected chi connectivity index (χ4v) is 2.12. The lowest BCUT2D eigenvalue weighted by Crippen LogP contribution is -3.00. The summed E-state index contributed by atoms with van der Waals surface area (Å²) >= 11 is 0. The predicted molar refractivity (Wildman–Crippen MR) is 68.2 cm³/mol. The Labute approximate surface area is 123 Å². The molecule has 1 heterocycles. The van der Waals surface area contributed by atoms with E-state index in [9.17, 15) is 4.79 Å². The van der Waals surface area contributed by atoms with E-state index < -0.39 is 0 Å². The van der Waals surface area contributed by atoms with Crippen LogP contribution < -0.4 is 21.7 Å². The van der Waals surface area contributed by atoms with Gasteiger partial charge in [-0.15, -0.1) is 0 Å². The van der Waals surface area contributed by atoms with Crippen LogP contribution in [-0.4, -0.2) is 18.2 Å². The van der Waals surface area contributed by atoms with Crippen molar-refractivity contribution < 1.29 is 31.2 Å². The Hall–Kier alpha value is -1.49. The Kier molecular flexibility index (Phi) is 5.00. The molecule has 0 N–H and O–H groups in total. The Morgan fingerprint density at radius 2 is 1.95 bits per heavy atom. The van der Waals surface area contributed by atoms with Gasteiger partial charge in [0, 0.05) is 16.0 Å². The van der Waals surface area contributed by atoms with Gasteiger partial charge in [-0.25, -0.2) is 4.79 Å². The van der Waals surface area contributed by atoms with Crippen molar-refractivity contribution in [2.75, 3.05) is 7.11 Å². The Balaban J connectivity index is 0.00000180. The highest BCUT2D eigenvalue weighted by Crippen LogP contribution is 2.19. The minimum atomic E-state index is -0.295. The molecule has 0 spiro atoms. The van der Waals surface area contributed by atoms with Gasteiger partial charge in [0.05, 0.1) is 7.11 Å². The van der Waals surface area contributed by atoms with Crippen molar-refractivity contribution >= 4 is 16.9 Å². The number of esters is 1. The molecule has 1 aromatic carbocycles. The van der Waals surface area contributed by atoms with E-state index in [0.717, 1.165) is 22.0 Å². The maximum Gasteiger partial charge on any atom is 0.374 e. The Morgan fingerprint density at radius 1 is 1.26 bits per heavy atom. The normalized spacial score (nSPS) is 10.1. The third-order valence-electron chi connectivity index (χ3n) is 2.96. The molecule has 0 unspecified atom stereocenters. The van der Waals surface area contributed by atoms with Crippen molar-refractivity contribution in [1.29, 1.82) is 0 Å². The van der Waals surface area contributed by atoms with Crippen molar-refractivity contribution in [3.63, 3.8) is 0 Å². The van der Waals surface area contributed by atoms with Crippen LogP contribution in [0.3, 0.4) is 0 Å². The molecule has 0 radical (unpaired) electrons. The zero-order valence-corrected chi connectivity index (χ0v) is 13.1. The number of ether oxygens (including phenoxy) is 1. The number of benzene rings is 1. The molecule has 0 bridgehead atoms. The lowest BCUT2D eigenvalue weighted by atomic mass is 10.0. The summed E-state index contributed by atoms with van der Waals surface area (Å²) < 4.78 is 6.29. The first-order valence-corrected chi connectivity index (χ1v) is 5.86. The summed E-state index contributed by atoms with van der Waals surface area (Å²) in [4.78, 5) is 11.3. The predicted octanol–water partition coefficient (Wildman–Crippen LogP) is -1.38. The van der Waals surface area contributed by atoms with Crippen molar-refractivity contribution in [2.45, 2.75) is 27.3 Å². The van der Waals surface area contributed by atoms with Gasteiger partial charge >= 0.3 is 5.97 Å². The van der Waals surface area contributed by atoms with Gasteiger partial charge in [-0.2, -0.15) is 0 Å². The monoisotopic (exact) mass is 324 g/mol. The molecule has 0 aliphatic carbocycles. The van der Waals surface area contributed by atoms with Gasteiger partial charge in [-0.3, -0.25) is 0 Å². The average Bonchev–Trinajstić information content (AvgIpc) is 2.30. The van der Waals surface area contributed by atoms with E-state index in [1.165, 1.54) is 12.7 Å². The molecular weight excluding hydrogens is 308 g/mol. The summed E-state index contributed by atoms with van der Waals surface area (Å²) in [5, 5.41) is 5.61. The lowest BCUT2D eigenvalue weighted by Gasteiger charge is -2.04. The lowest BCUT2D eigenvalue weighted by molar-refractivity contribution is -0.741. The number of aromatic nitrogens is 2. The Bertz CT molecular complexity index is 626. The quantitative estimate of drug-likeness (QED) is 0.505. The number of rotatable bonds is 2. The number of carbonyl (C=O) groups is 1. The topological polar surface area (TPSA) is 43.1 Å². The second-order valence-electron chi connectivity index (χ2n) is 4.56. The van der Waals surface area contributed by atoms with E-state index in [-0.39, 0.29) is 29.5 Å². The SMILES string of the molecule is COC(=O)C[n+]1cc(C)c2cc(C)cc(C)c2n1.[Br-]. The second kappa shape index (κ2) is 6.10. The van der Waals surface area contributed by atoms with Gasteiger partial charge in [0.25, 0.3) is 6.54 Å². The molecule has 2 aromatic rings.